The number of hydrogen-bond donors (Lipinski definition) is 1. The highest BCUT2D eigenvalue weighted by molar-refractivity contribution is 5.11. The quantitative estimate of drug-likeness (QED) is 0.705. The Morgan fingerprint density at radius 2 is 1.90 bits per heavy atom. The van der Waals surface area contributed by atoms with E-state index in [-0.39, 0.29) is 0 Å². The third-order valence-corrected chi connectivity index (χ3v) is 6.61. The van der Waals surface area contributed by atoms with Gasteiger partial charge in [-0.15, -0.1) is 0 Å². The van der Waals surface area contributed by atoms with Gasteiger partial charge >= 0.3 is 0 Å². The molecule has 0 spiro atoms. The highest BCUT2D eigenvalue weighted by atomic mass is 16.5. The van der Waals surface area contributed by atoms with E-state index in [0.717, 1.165) is 19.0 Å². The molecule has 124 valence electrons. The minimum atomic E-state index is 0.391. The van der Waals surface area contributed by atoms with Crippen LogP contribution in [0.3, 0.4) is 0 Å². The Morgan fingerprint density at radius 1 is 1.19 bits per heavy atom. The van der Waals surface area contributed by atoms with Gasteiger partial charge in [-0.1, -0.05) is 48.0 Å². The molecule has 0 amide bonds. The average molecular weight is 296 g/mol. The summed E-state index contributed by atoms with van der Waals surface area (Å²) in [4.78, 5) is 0. The first-order chi connectivity index (χ1) is 9.81. The van der Waals surface area contributed by atoms with E-state index < -0.39 is 0 Å². The van der Waals surface area contributed by atoms with Gasteiger partial charge in [0.2, 0.25) is 0 Å². The summed E-state index contributed by atoms with van der Waals surface area (Å²) in [5.41, 5.74) is 0.849. The molecule has 4 atom stereocenters. The van der Waals surface area contributed by atoms with Crippen LogP contribution in [0.2, 0.25) is 0 Å². The van der Waals surface area contributed by atoms with Crippen LogP contribution in [0.15, 0.2) is 0 Å². The summed E-state index contributed by atoms with van der Waals surface area (Å²) < 4.78 is 6.64. The molecule has 21 heavy (non-hydrogen) atoms. The van der Waals surface area contributed by atoms with Crippen LogP contribution < -0.4 is 5.32 Å². The monoisotopic (exact) mass is 295 g/mol. The Balaban J connectivity index is 1.92. The minimum absolute atomic E-state index is 0.391. The summed E-state index contributed by atoms with van der Waals surface area (Å²) in [6.45, 7) is 16.3. The first-order valence-electron chi connectivity index (χ1n) is 9.17. The largest absolute Gasteiger partial charge is 0.373 e. The fourth-order valence-electron chi connectivity index (χ4n) is 4.64. The van der Waals surface area contributed by atoms with Gasteiger partial charge in [0.15, 0.2) is 0 Å². The third kappa shape index (κ3) is 3.32. The first kappa shape index (κ1) is 17.3. The van der Waals surface area contributed by atoms with Crippen LogP contribution in [0.1, 0.15) is 73.6 Å². The number of nitrogens with one attached hydrogen (secondary N) is 1. The maximum absolute atomic E-state index is 6.64. The van der Waals surface area contributed by atoms with Crippen molar-refractivity contribution in [3.05, 3.63) is 0 Å². The Kier molecular flexibility index (Phi) is 5.41. The molecule has 0 heterocycles. The molecule has 2 fully saturated rings. The normalized spacial score (nSPS) is 35.6. The van der Waals surface area contributed by atoms with Crippen molar-refractivity contribution in [2.75, 3.05) is 13.1 Å². The molecule has 2 aliphatic carbocycles. The summed E-state index contributed by atoms with van der Waals surface area (Å²) in [6.07, 6.45) is 7.32. The maximum Gasteiger partial charge on any atom is 0.0703 e. The zero-order valence-electron chi connectivity index (χ0n) is 15.2. The van der Waals surface area contributed by atoms with Gasteiger partial charge in [-0.25, -0.2) is 0 Å². The van der Waals surface area contributed by atoms with Gasteiger partial charge in [-0.2, -0.15) is 0 Å². The second-order valence-electron chi connectivity index (χ2n) is 8.70. The van der Waals surface area contributed by atoms with E-state index >= 15 is 0 Å². The van der Waals surface area contributed by atoms with E-state index in [4.69, 9.17) is 4.74 Å². The summed E-state index contributed by atoms with van der Waals surface area (Å²) in [5.74, 6) is 1.59. The van der Waals surface area contributed by atoms with Crippen LogP contribution >= 0.6 is 0 Å². The van der Waals surface area contributed by atoms with Crippen LogP contribution in [0, 0.1) is 22.7 Å². The molecule has 1 N–H and O–H groups in total. The summed E-state index contributed by atoms with van der Waals surface area (Å²) in [6, 6.07) is 0. The molecular formula is C19H37NO. The van der Waals surface area contributed by atoms with Crippen LogP contribution in [-0.4, -0.2) is 25.3 Å². The Morgan fingerprint density at radius 3 is 2.38 bits per heavy atom. The predicted molar refractivity (Wildman–Crippen MR) is 90.5 cm³/mol. The molecule has 0 aromatic carbocycles. The van der Waals surface area contributed by atoms with E-state index in [1.807, 2.05) is 0 Å². The maximum atomic E-state index is 6.64. The summed E-state index contributed by atoms with van der Waals surface area (Å²) in [5, 5.41) is 3.60. The lowest BCUT2D eigenvalue weighted by atomic mass is 9.70. The van der Waals surface area contributed by atoms with E-state index in [2.05, 4.69) is 46.9 Å². The molecule has 2 bridgehead atoms. The standard InChI is InChI=1S/C19H37NO/c1-7-8-16(13-20-12-14(2)3)21-17-11-15-9-10-19(17,6)18(15,4)5/h14-17,20H,7-13H2,1-6H3. The summed E-state index contributed by atoms with van der Waals surface area (Å²) >= 11 is 0. The van der Waals surface area contributed by atoms with E-state index in [1.165, 1.54) is 32.1 Å². The van der Waals surface area contributed by atoms with Crippen molar-refractivity contribution < 1.29 is 4.74 Å². The highest BCUT2D eigenvalue weighted by Gasteiger charge is 2.62. The van der Waals surface area contributed by atoms with Gasteiger partial charge in [0.05, 0.1) is 12.2 Å². The van der Waals surface area contributed by atoms with Crippen LogP contribution in [0.4, 0.5) is 0 Å². The van der Waals surface area contributed by atoms with Gasteiger partial charge in [-0.05, 0) is 54.9 Å². The topological polar surface area (TPSA) is 21.3 Å². The number of fused-ring (bicyclic) bond motifs is 2. The van der Waals surface area contributed by atoms with Gasteiger partial charge < -0.3 is 10.1 Å². The fourth-order valence-corrected chi connectivity index (χ4v) is 4.64. The zero-order chi connectivity index (χ0) is 15.7. The smallest absolute Gasteiger partial charge is 0.0703 e. The van der Waals surface area contributed by atoms with Gasteiger partial charge in [0.1, 0.15) is 0 Å². The van der Waals surface area contributed by atoms with E-state index in [1.54, 1.807) is 0 Å². The number of rotatable bonds is 8. The molecule has 4 unspecified atom stereocenters. The van der Waals surface area contributed by atoms with Gasteiger partial charge in [0, 0.05) is 6.54 Å². The van der Waals surface area contributed by atoms with Crippen molar-refractivity contribution in [2.45, 2.75) is 85.9 Å². The van der Waals surface area contributed by atoms with Crippen molar-refractivity contribution in [3.8, 4) is 0 Å². The molecule has 0 aliphatic heterocycles. The SMILES string of the molecule is CCCC(CNCC(C)C)OC1CC2CCC1(C)C2(C)C. The van der Waals surface area contributed by atoms with Crippen molar-refractivity contribution in [1.29, 1.82) is 0 Å². The molecule has 2 rings (SSSR count). The van der Waals surface area contributed by atoms with Crippen LogP contribution in [-0.2, 0) is 4.74 Å². The first-order valence-corrected chi connectivity index (χ1v) is 9.17. The molecule has 2 saturated carbocycles. The van der Waals surface area contributed by atoms with Crippen molar-refractivity contribution >= 4 is 0 Å². The number of ether oxygens (including phenoxy) is 1. The highest BCUT2D eigenvalue weighted by Crippen LogP contribution is 2.66. The molecule has 2 aliphatic rings. The predicted octanol–water partition coefficient (Wildman–Crippen LogP) is 4.63. The Bertz CT molecular complexity index is 338. The molecule has 0 radical (unpaired) electrons. The van der Waals surface area contributed by atoms with Gasteiger partial charge in [-0.3, -0.25) is 0 Å². The lowest BCUT2D eigenvalue weighted by molar-refractivity contribution is -0.0877. The molecule has 0 aromatic rings. The molecule has 2 heteroatoms. The van der Waals surface area contributed by atoms with Crippen molar-refractivity contribution in [1.82, 2.24) is 5.32 Å². The van der Waals surface area contributed by atoms with Crippen molar-refractivity contribution in [3.63, 3.8) is 0 Å². The van der Waals surface area contributed by atoms with Crippen molar-refractivity contribution in [2.24, 2.45) is 22.7 Å². The number of hydrogen-bond acceptors (Lipinski definition) is 2. The molecular weight excluding hydrogens is 258 g/mol. The average Bonchev–Trinajstić information content (AvgIpc) is 2.71. The second-order valence-corrected chi connectivity index (χ2v) is 8.70. The van der Waals surface area contributed by atoms with Crippen LogP contribution in [0.5, 0.6) is 0 Å². The van der Waals surface area contributed by atoms with E-state index in [9.17, 15) is 0 Å². The fraction of sp³-hybridized carbons (Fsp3) is 1.00. The Hall–Kier alpha value is -0.0800. The molecule has 0 saturated heterocycles. The second kappa shape index (κ2) is 6.58. The molecule has 0 aromatic heterocycles. The Labute approximate surface area is 132 Å². The van der Waals surface area contributed by atoms with E-state index in [0.29, 0.717) is 29.0 Å². The lowest BCUT2D eigenvalue weighted by Crippen LogP contribution is -2.41. The molecule has 2 nitrogen and oxygen atoms in total. The summed E-state index contributed by atoms with van der Waals surface area (Å²) in [7, 11) is 0. The zero-order valence-corrected chi connectivity index (χ0v) is 15.2. The third-order valence-electron chi connectivity index (χ3n) is 6.61. The van der Waals surface area contributed by atoms with Crippen LogP contribution in [0.25, 0.3) is 0 Å². The van der Waals surface area contributed by atoms with Gasteiger partial charge in [0.25, 0.3) is 0 Å². The lowest BCUT2D eigenvalue weighted by Gasteiger charge is -2.40. The minimum Gasteiger partial charge on any atom is -0.373 e.